The minimum absolute atomic E-state index is 0.0695. The highest BCUT2D eigenvalue weighted by Crippen LogP contribution is 2.40. The van der Waals surface area contributed by atoms with Crippen LogP contribution in [0.15, 0.2) is 35.8 Å². The normalized spacial score (nSPS) is 16.0. The van der Waals surface area contributed by atoms with Crippen LogP contribution in [0.25, 0.3) is 0 Å². The molecule has 1 fully saturated rings. The summed E-state index contributed by atoms with van der Waals surface area (Å²) in [6.45, 7) is 0.472. The van der Waals surface area contributed by atoms with Crippen LogP contribution >= 0.6 is 11.3 Å². The van der Waals surface area contributed by atoms with Crippen LogP contribution in [-0.2, 0) is 15.0 Å². The van der Waals surface area contributed by atoms with Crippen LogP contribution in [-0.4, -0.2) is 28.6 Å². The first kappa shape index (κ1) is 15.6. The minimum atomic E-state index is -0.706. The molecule has 1 aromatic carbocycles. The minimum Gasteiger partial charge on any atom is -0.347 e. The molecule has 0 atom stereocenters. The Hall–Kier alpha value is -2.28. The zero-order valence-electron chi connectivity index (χ0n) is 12.6. The van der Waals surface area contributed by atoms with Crippen molar-refractivity contribution in [3.05, 3.63) is 41.4 Å². The molecule has 0 aliphatic heterocycles. The first-order valence-electron chi connectivity index (χ1n) is 7.60. The molecule has 2 aromatic rings. The van der Waals surface area contributed by atoms with Gasteiger partial charge in [-0.15, -0.1) is 10.2 Å². The van der Waals surface area contributed by atoms with Gasteiger partial charge >= 0.3 is 11.8 Å². The van der Waals surface area contributed by atoms with Crippen LogP contribution in [0.3, 0.4) is 0 Å². The number of rotatable bonds is 4. The monoisotopic (exact) mass is 330 g/mol. The quantitative estimate of drug-likeness (QED) is 0.841. The molecule has 2 N–H and O–H groups in total. The predicted molar refractivity (Wildman–Crippen MR) is 88.1 cm³/mol. The fraction of sp³-hybridized carbons (Fsp3) is 0.375. The third-order valence-electron chi connectivity index (χ3n) is 4.32. The van der Waals surface area contributed by atoms with Gasteiger partial charge in [0.2, 0.25) is 5.13 Å². The third kappa shape index (κ3) is 3.56. The summed E-state index contributed by atoms with van der Waals surface area (Å²) < 4.78 is 0. The van der Waals surface area contributed by atoms with Gasteiger partial charge in [0, 0.05) is 12.0 Å². The molecule has 6 nitrogen and oxygen atoms in total. The summed E-state index contributed by atoms with van der Waals surface area (Å²) in [6.07, 6.45) is 4.33. The Morgan fingerprint density at radius 3 is 2.52 bits per heavy atom. The Kier molecular flexibility index (Phi) is 4.66. The zero-order valence-corrected chi connectivity index (χ0v) is 13.4. The molecule has 1 aliphatic rings. The summed E-state index contributed by atoms with van der Waals surface area (Å²) in [5.74, 6) is -1.34. The Morgan fingerprint density at radius 2 is 1.87 bits per heavy atom. The van der Waals surface area contributed by atoms with E-state index in [9.17, 15) is 9.59 Å². The molecule has 0 bridgehead atoms. The standard InChI is InChI=1S/C16H18N4O2S/c21-13(14(22)19-15-20-18-11-23-15)17-10-16(8-4-5-9-16)12-6-2-1-3-7-12/h1-3,6-7,11H,4-5,8-10H2,(H,17,21)(H,19,20,22). The molecule has 0 spiro atoms. The Balaban J connectivity index is 1.63. The zero-order chi connectivity index (χ0) is 16.1. The van der Waals surface area contributed by atoms with E-state index in [-0.39, 0.29) is 5.41 Å². The average Bonchev–Trinajstić information content (AvgIpc) is 3.26. The van der Waals surface area contributed by atoms with Crippen LogP contribution in [0, 0.1) is 0 Å². The first-order chi connectivity index (χ1) is 11.2. The molecule has 3 rings (SSSR count). The molecule has 23 heavy (non-hydrogen) atoms. The lowest BCUT2D eigenvalue weighted by molar-refractivity contribution is -0.136. The van der Waals surface area contributed by atoms with Crippen molar-refractivity contribution in [3.8, 4) is 0 Å². The van der Waals surface area contributed by atoms with Crippen molar-refractivity contribution in [2.24, 2.45) is 0 Å². The highest BCUT2D eigenvalue weighted by Gasteiger charge is 2.36. The SMILES string of the molecule is O=C(NCC1(c2ccccc2)CCCC1)C(=O)Nc1nncs1. The van der Waals surface area contributed by atoms with Crippen molar-refractivity contribution >= 4 is 28.3 Å². The summed E-state index contributed by atoms with van der Waals surface area (Å²) in [7, 11) is 0. The Labute approximate surface area is 138 Å². The topological polar surface area (TPSA) is 84.0 Å². The molecule has 2 amide bonds. The molecule has 120 valence electrons. The van der Waals surface area contributed by atoms with Crippen molar-refractivity contribution in [1.29, 1.82) is 0 Å². The van der Waals surface area contributed by atoms with Gasteiger partial charge in [0.15, 0.2) is 0 Å². The molecule has 1 aliphatic carbocycles. The van der Waals surface area contributed by atoms with Crippen molar-refractivity contribution in [3.63, 3.8) is 0 Å². The first-order valence-corrected chi connectivity index (χ1v) is 8.48. The van der Waals surface area contributed by atoms with E-state index < -0.39 is 11.8 Å². The summed E-state index contributed by atoms with van der Waals surface area (Å²) in [6, 6.07) is 10.2. The van der Waals surface area contributed by atoms with Gasteiger partial charge in [-0.1, -0.05) is 54.5 Å². The molecule has 0 radical (unpaired) electrons. The largest absolute Gasteiger partial charge is 0.347 e. The highest BCUT2D eigenvalue weighted by molar-refractivity contribution is 7.13. The lowest BCUT2D eigenvalue weighted by atomic mass is 9.79. The van der Waals surface area contributed by atoms with Gasteiger partial charge < -0.3 is 5.32 Å². The maximum atomic E-state index is 12.0. The van der Waals surface area contributed by atoms with Gasteiger partial charge in [0.05, 0.1) is 0 Å². The van der Waals surface area contributed by atoms with Gasteiger partial charge in [-0.05, 0) is 18.4 Å². The number of amides is 2. The Bertz CT molecular complexity index is 667. The van der Waals surface area contributed by atoms with E-state index in [0.717, 1.165) is 25.7 Å². The van der Waals surface area contributed by atoms with Crippen molar-refractivity contribution in [1.82, 2.24) is 15.5 Å². The number of benzene rings is 1. The van der Waals surface area contributed by atoms with E-state index in [1.54, 1.807) is 0 Å². The molecule has 1 aromatic heterocycles. The number of carbonyl (C=O) groups excluding carboxylic acids is 2. The number of nitrogens with zero attached hydrogens (tertiary/aromatic N) is 2. The fourth-order valence-electron chi connectivity index (χ4n) is 3.12. The fourth-order valence-corrected chi connectivity index (χ4v) is 3.56. The molecule has 1 saturated carbocycles. The number of anilines is 1. The molecule has 1 heterocycles. The summed E-state index contributed by atoms with van der Waals surface area (Å²) in [5, 5.41) is 12.9. The van der Waals surface area contributed by atoms with Crippen molar-refractivity contribution in [2.45, 2.75) is 31.1 Å². The van der Waals surface area contributed by atoms with Crippen LogP contribution < -0.4 is 10.6 Å². The third-order valence-corrected chi connectivity index (χ3v) is 4.93. The predicted octanol–water partition coefficient (Wildman–Crippen LogP) is 2.10. The second-order valence-electron chi connectivity index (χ2n) is 5.73. The van der Waals surface area contributed by atoms with E-state index in [0.29, 0.717) is 11.7 Å². The number of hydrogen-bond donors (Lipinski definition) is 2. The van der Waals surface area contributed by atoms with Crippen LogP contribution in [0.2, 0.25) is 0 Å². The Morgan fingerprint density at radius 1 is 1.13 bits per heavy atom. The van der Waals surface area contributed by atoms with Crippen molar-refractivity contribution < 1.29 is 9.59 Å². The highest BCUT2D eigenvalue weighted by atomic mass is 32.1. The van der Waals surface area contributed by atoms with E-state index in [4.69, 9.17) is 0 Å². The van der Waals surface area contributed by atoms with Gasteiger partial charge in [0.25, 0.3) is 0 Å². The summed E-state index contributed by atoms with van der Waals surface area (Å²) in [5.41, 5.74) is 2.65. The van der Waals surface area contributed by atoms with Gasteiger partial charge in [-0.3, -0.25) is 14.9 Å². The van der Waals surface area contributed by atoms with E-state index >= 15 is 0 Å². The smallest absolute Gasteiger partial charge is 0.315 e. The number of aromatic nitrogens is 2. The van der Waals surface area contributed by atoms with Crippen LogP contribution in [0.1, 0.15) is 31.2 Å². The maximum absolute atomic E-state index is 12.0. The van der Waals surface area contributed by atoms with E-state index in [2.05, 4.69) is 33.0 Å². The molecule has 0 unspecified atom stereocenters. The van der Waals surface area contributed by atoms with Crippen LogP contribution in [0.4, 0.5) is 5.13 Å². The van der Waals surface area contributed by atoms with E-state index in [1.165, 1.54) is 22.4 Å². The molecular formula is C16H18N4O2S. The maximum Gasteiger partial charge on any atom is 0.315 e. The van der Waals surface area contributed by atoms with Crippen LogP contribution in [0.5, 0.6) is 0 Å². The lowest BCUT2D eigenvalue weighted by Crippen LogP contribution is -2.43. The van der Waals surface area contributed by atoms with E-state index in [1.807, 2.05) is 18.2 Å². The number of hydrogen-bond acceptors (Lipinski definition) is 5. The molecular weight excluding hydrogens is 312 g/mol. The van der Waals surface area contributed by atoms with Gasteiger partial charge in [-0.2, -0.15) is 0 Å². The number of nitrogens with one attached hydrogen (secondary N) is 2. The summed E-state index contributed by atoms with van der Waals surface area (Å²) in [4.78, 5) is 23.9. The van der Waals surface area contributed by atoms with Crippen molar-refractivity contribution in [2.75, 3.05) is 11.9 Å². The molecule has 0 saturated heterocycles. The average molecular weight is 330 g/mol. The number of carbonyl (C=O) groups is 2. The summed E-state index contributed by atoms with van der Waals surface area (Å²) >= 11 is 1.17. The lowest BCUT2D eigenvalue weighted by Gasteiger charge is -2.29. The second kappa shape index (κ2) is 6.87. The van der Waals surface area contributed by atoms with Gasteiger partial charge in [-0.25, -0.2) is 0 Å². The molecule has 7 heteroatoms. The second-order valence-corrected chi connectivity index (χ2v) is 6.57. The van der Waals surface area contributed by atoms with Gasteiger partial charge in [0.1, 0.15) is 5.51 Å².